The maximum atomic E-state index is 12.8. The standard InChI is InChI=1S/C59H102O6/c1-4-7-10-13-16-19-22-25-28-29-30-31-32-35-37-40-43-46-49-52-58(61)64-55-56(65-59(62)53-50-47-44-41-38-34-27-24-21-18-15-12-9-6-3)54-63-57(60)51-48-45-42-39-36-33-26-23-20-17-14-11-8-5-2/h15-16,18-19,24-25,27-28,30-31,35,37,56H,4-14,17,20-23,26,29,32-34,36,38-55H2,1-3H3/b18-15-,19-16-,27-24-,28-25-,31-30-,37-35-/t56-/m1/s1. The summed E-state index contributed by atoms with van der Waals surface area (Å²) in [6, 6.07) is 0. The lowest BCUT2D eigenvalue weighted by atomic mass is 10.0. The summed E-state index contributed by atoms with van der Waals surface area (Å²) in [5.74, 6) is -0.930. The molecule has 0 aromatic heterocycles. The zero-order valence-corrected chi connectivity index (χ0v) is 42.7. The van der Waals surface area contributed by atoms with Gasteiger partial charge in [0.15, 0.2) is 6.10 Å². The van der Waals surface area contributed by atoms with Crippen LogP contribution in [0, 0.1) is 0 Å². The summed E-state index contributed by atoms with van der Waals surface area (Å²) in [6.45, 7) is 6.54. The highest BCUT2D eigenvalue weighted by Crippen LogP contribution is 2.15. The van der Waals surface area contributed by atoms with Gasteiger partial charge in [-0.3, -0.25) is 14.4 Å². The van der Waals surface area contributed by atoms with Crippen LogP contribution in [0.5, 0.6) is 0 Å². The second kappa shape index (κ2) is 53.5. The molecular weight excluding hydrogens is 805 g/mol. The van der Waals surface area contributed by atoms with E-state index in [-0.39, 0.29) is 31.1 Å². The van der Waals surface area contributed by atoms with Gasteiger partial charge >= 0.3 is 17.9 Å². The fraction of sp³-hybridized carbons (Fsp3) is 0.746. The van der Waals surface area contributed by atoms with Gasteiger partial charge in [-0.05, 0) is 89.9 Å². The van der Waals surface area contributed by atoms with Crippen LogP contribution in [0.15, 0.2) is 72.9 Å². The van der Waals surface area contributed by atoms with Crippen molar-refractivity contribution in [3.05, 3.63) is 72.9 Å². The first-order chi connectivity index (χ1) is 32.0. The van der Waals surface area contributed by atoms with Gasteiger partial charge in [0.05, 0.1) is 0 Å². The van der Waals surface area contributed by atoms with E-state index in [1.165, 1.54) is 116 Å². The Bertz CT molecular complexity index is 1230. The molecule has 0 radical (unpaired) electrons. The first-order valence-corrected chi connectivity index (χ1v) is 27.4. The Kier molecular flexibility index (Phi) is 50.9. The minimum atomic E-state index is -0.794. The molecule has 0 saturated heterocycles. The minimum absolute atomic E-state index is 0.0897. The molecule has 0 fully saturated rings. The van der Waals surface area contributed by atoms with E-state index < -0.39 is 6.10 Å². The van der Waals surface area contributed by atoms with Crippen LogP contribution in [-0.2, 0) is 28.6 Å². The van der Waals surface area contributed by atoms with Gasteiger partial charge in [0.2, 0.25) is 0 Å². The molecule has 0 unspecified atom stereocenters. The van der Waals surface area contributed by atoms with E-state index in [2.05, 4.69) is 93.7 Å². The second-order valence-electron chi connectivity index (χ2n) is 18.1. The molecule has 0 spiro atoms. The second-order valence-corrected chi connectivity index (χ2v) is 18.1. The summed E-state index contributed by atoms with van der Waals surface area (Å²) in [4.78, 5) is 38.1. The van der Waals surface area contributed by atoms with Crippen LogP contribution in [0.2, 0.25) is 0 Å². The zero-order chi connectivity index (χ0) is 47.2. The highest BCUT2D eigenvalue weighted by Gasteiger charge is 2.19. The lowest BCUT2D eigenvalue weighted by Crippen LogP contribution is -2.30. The molecule has 0 heterocycles. The van der Waals surface area contributed by atoms with Crippen molar-refractivity contribution in [3.63, 3.8) is 0 Å². The molecule has 1 atom stereocenters. The lowest BCUT2D eigenvalue weighted by molar-refractivity contribution is -0.167. The molecule has 0 bridgehead atoms. The quantitative estimate of drug-likeness (QED) is 0.0262. The monoisotopic (exact) mass is 907 g/mol. The first-order valence-electron chi connectivity index (χ1n) is 27.4. The maximum absolute atomic E-state index is 12.8. The molecule has 0 amide bonds. The van der Waals surface area contributed by atoms with E-state index in [4.69, 9.17) is 14.2 Å². The number of carbonyl (C=O) groups excluding carboxylic acids is 3. The summed E-state index contributed by atoms with van der Waals surface area (Å²) >= 11 is 0. The molecule has 0 N–H and O–H groups in total. The number of hydrogen-bond acceptors (Lipinski definition) is 6. The molecule has 0 aliphatic carbocycles. The Morgan fingerprint density at radius 1 is 0.308 bits per heavy atom. The van der Waals surface area contributed by atoms with E-state index in [1.807, 2.05) is 0 Å². The van der Waals surface area contributed by atoms with E-state index >= 15 is 0 Å². The average Bonchev–Trinajstić information content (AvgIpc) is 3.30. The molecule has 0 saturated carbocycles. The molecule has 0 rings (SSSR count). The molecule has 0 aromatic carbocycles. The normalized spacial score (nSPS) is 12.6. The van der Waals surface area contributed by atoms with Crippen molar-refractivity contribution < 1.29 is 28.6 Å². The molecule has 65 heavy (non-hydrogen) atoms. The van der Waals surface area contributed by atoms with Gasteiger partial charge in [-0.25, -0.2) is 0 Å². The lowest BCUT2D eigenvalue weighted by Gasteiger charge is -2.18. The van der Waals surface area contributed by atoms with Crippen molar-refractivity contribution in [2.75, 3.05) is 13.2 Å². The van der Waals surface area contributed by atoms with Crippen LogP contribution in [0.4, 0.5) is 0 Å². The third-order valence-corrected chi connectivity index (χ3v) is 11.7. The van der Waals surface area contributed by atoms with E-state index in [0.717, 1.165) is 109 Å². The summed E-state index contributed by atoms with van der Waals surface area (Å²) in [5.41, 5.74) is 0. The fourth-order valence-corrected chi connectivity index (χ4v) is 7.50. The van der Waals surface area contributed by atoms with Gasteiger partial charge in [-0.2, -0.15) is 0 Å². The number of carbonyl (C=O) groups is 3. The third-order valence-electron chi connectivity index (χ3n) is 11.7. The van der Waals surface area contributed by atoms with Crippen LogP contribution < -0.4 is 0 Å². The Labute approximate surface area is 402 Å². The van der Waals surface area contributed by atoms with Gasteiger partial charge in [-0.15, -0.1) is 0 Å². The van der Waals surface area contributed by atoms with Crippen molar-refractivity contribution in [3.8, 4) is 0 Å². The molecule has 6 nitrogen and oxygen atoms in total. The highest BCUT2D eigenvalue weighted by atomic mass is 16.6. The number of hydrogen-bond donors (Lipinski definition) is 0. The Balaban J connectivity index is 4.44. The predicted molar refractivity (Wildman–Crippen MR) is 279 cm³/mol. The van der Waals surface area contributed by atoms with Gasteiger partial charge in [0, 0.05) is 19.3 Å². The summed E-state index contributed by atoms with van der Waals surface area (Å²) < 4.78 is 16.8. The highest BCUT2D eigenvalue weighted by molar-refractivity contribution is 5.71. The molecule has 0 aliphatic heterocycles. The van der Waals surface area contributed by atoms with E-state index in [0.29, 0.717) is 19.3 Å². The molecule has 374 valence electrons. The molecule has 0 aromatic rings. The Morgan fingerprint density at radius 3 is 0.954 bits per heavy atom. The summed E-state index contributed by atoms with van der Waals surface area (Å²) in [6.07, 6.45) is 67.4. The first kappa shape index (κ1) is 61.9. The van der Waals surface area contributed by atoms with Crippen molar-refractivity contribution in [2.24, 2.45) is 0 Å². The fourth-order valence-electron chi connectivity index (χ4n) is 7.50. The number of esters is 3. The average molecular weight is 907 g/mol. The van der Waals surface area contributed by atoms with Gasteiger partial charge in [-0.1, -0.05) is 229 Å². The van der Waals surface area contributed by atoms with Gasteiger partial charge in [0.25, 0.3) is 0 Å². The molecule has 6 heteroatoms. The van der Waals surface area contributed by atoms with Crippen LogP contribution in [0.25, 0.3) is 0 Å². The van der Waals surface area contributed by atoms with Crippen molar-refractivity contribution >= 4 is 17.9 Å². The van der Waals surface area contributed by atoms with Crippen molar-refractivity contribution in [1.29, 1.82) is 0 Å². The smallest absolute Gasteiger partial charge is 0.306 e. The molecule has 0 aliphatic rings. The Morgan fingerprint density at radius 2 is 0.569 bits per heavy atom. The zero-order valence-electron chi connectivity index (χ0n) is 42.7. The van der Waals surface area contributed by atoms with Crippen molar-refractivity contribution in [1.82, 2.24) is 0 Å². The number of allylic oxidation sites excluding steroid dienone is 12. The van der Waals surface area contributed by atoms with E-state index in [1.54, 1.807) is 0 Å². The van der Waals surface area contributed by atoms with E-state index in [9.17, 15) is 14.4 Å². The molecular formula is C59H102O6. The minimum Gasteiger partial charge on any atom is -0.462 e. The van der Waals surface area contributed by atoms with Gasteiger partial charge < -0.3 is 14.2 Å². The number of rotatable bonds is 49. The van der Waals surface area contributed by atoms with Gasteiger partial charge in [0.1, 0.15) is 13.2 Å². The summed E-state index contributed by atoms with van der Waals surface area (Å²) in [5, 5.41) is 0. The van der Waals surface area contributed by atoms with Crippen LogP contribution in [0.1, 0.15) is 265 Å². The van der Waals surface area contributed by atoms with Crippen LogP contribution in [-0.4, -0.2) is 37.2 Å². The van der Waals surface area contributed by atoms with Crippen molar-refractivity contribution in [2.45, 2.75) is 271 Å². The third kappa shape index (κ3) is 51.7. The SMILES string of the molecule is CCCC/C=C\C/C=C\CCCCCCCC(=O)O[C@@H](COC(=O)CCCCC/C=C\C/C=C\C/C=C\C/C=C\CCCCC)COC(=O)CCCCCCCCCCCCCCCC. The predicted octanol–water partition coefficient (Wildman–Crippen LogP) is 18.2. The number of ether oxygens (including phenoxy) is 3. The largest absolute Gasteiger partial charge is 0.462 e. The van der Waals surface area contributed by atoms with Crippen LogP contribution >= 0.6 is 0 Å². The van der Waals surface area contributed by atoms with Crippen LogP contribution in [0.3, 0.4) is 0 Å². The number of unbranched alkanes of at least 4 members (excludes halogenated alkanes) is 26. The Hall–Kier alpha value is -3.15. The summed E-state index contributed by atoms with van der Waals surface area (Å²) in [7, 11) is 0. The maximum Gasteiger partial charge on any atom is 0.306 e. The topological polar surface area (TPSA) is 78.9 Å².